The summed E-state index contributed by atoms with van der Waals surface area (Å²) < 4.78 is 13.1. The molecule has 2 aliphatic rings. The van der Waals surface area contributed by atoms with Gasteiger partial charge in [-0.3, -0.25) is 0 Å². The zero-order chi connectivity index (χ0) is 19.8. The minimum absolute atomic E-state index is 0.162. The van der Waals surface area contributed by atoms with Crippen LogP contribution in [0.1, 0.15) is 42.3 Å². The average molecular weight is 449 g/mol. The molecule has 3 aromatic carbocycles. The molecule has 2 unspecified atom stereocenters. The van der Waals surface area contributed by atoms with E-state index in [0.717, 1.165) is 39.2 Å². The molecule has 0 aromatic heterocycles. The third-order valence-corrected chi connectivity index (χ3v) is 5.88. The fourth-order valence-corrected chi connectivity index (χ4v) is 4.23. The number of hydrogen-bond donors (Lipinski definition) is 0. The minimum atomic E-state index is -0.265. The standard InChI is InChI=1S/C24H21BrN2O2/c1-2-28-19-13-9-17(10-14-19)24-27-22(20-5-3-4-6-23(20)29-24)15-21(26-27)16-7-11-18(25)12-8-16/h3-14,22,24H,2,15H2,1H3. The first-order valence-corrected chi connectivity index (χ1v) is 10.6. The number of rotatable bonds is 4. The fourth-order valence-electron chi connectivity index (χ4n) is 3.97. The summed E-state index contributed by atoms with van der Waals surface area (Å²) in [6.45, 7) is 2.64. The monoisotopic (exact) mass is 448 g/mol. The van der Waals surface area contributed by atoms with Crippen LogP contribution < -0.4 is 9.47 Å². The zero-order valence-corrected chi connectivity index (χ0v) is 17.7. The van der Waals surface area contributed by atoms with Gasteiger partial charge in [-0.1, -0.05) is 46.3 Å². The Hall–Kier alpha value is -2.79. The van der Waals surface area contributed by atoms with Gasteiger partial charge >= 0.3 is 0 Å². The van der Waals surface area contributed by atoms with Crippen LogP contribution in [0.3, 0.4) is 0 Å². The van der Waals surface area contributed by atoms with E-state index in [2.05, 4.69) is 69.5 Å². The summed E-state index contributed by atoms with van der Waals surface area (Å²) in [6, 6.07) is 24.9. The normalized spacial score (nSPS) is 19.8. The Balaban J connectivity index is 1.53. The lowest BCUT2D eigenvalue weighted by Gasteiger charge is -2.38. The summed E-state index contributed by atoms with van der Waals surface area (Å²) in [6.07, 6.45) is 0.591. The Morgan fingerprint density at radius 3 is 2.55 bits per heavy atom. The molecule has 5 heteroatoms. The van der Waals surface area contributed by atoms with E-state index in [9.17, 15) is 0 Å². The van der Waals surface area contributed by atoms with Gasteiger partial charge in [0, 0.05) is 22.0 Å². The smallest absolute Gasteiger partial charge is 0.213 e. The first kappa shape index (κ1) is 18.3. The van der Waals surface area contributed by atoms with Gasteiger partial charge in [-0.05, 0) is 55.0 Å². The molecule has 5 rings (SSSR count). The summed E-state index contributed by atoms with van der Waals surface area (Å²) in [5.74, 6) is 1.80. The Labute approximate surface area is 178 Å². The third-order valence-electron chi connectivity index (χ3n) is 5.35. The Bertz CT molecular complexity index is 1050. The van der Waals surface area contributed by atoms with Crippen LogP contribution in [-0.4, -0.2) is 17.3 Å². The number of halogens is 1. The molecular weight excluding hydrogens is 428 g/mol. The van der Waals surface area contributed by atoms with Gasteiger partial charge in [0.15, 0.2) is 0 Å². The lowest BCUT2D eigenvalue weighted by molar-refractivity contribution is -0.0190. The van der Waals surface area contributed by atoms with Gasteiger partial charge in [0.2, 0.25) is 6.23 Å². The van der Waals surface area contributed by atoms with Crippen molar-refractivity contribution < 1.29 is 9.47 Å². The van der Waals surface area contributed by atoms with E-state index >= 15 is 0 Å². The molecule has 0 radical (unpaired) electrons. The minimum Gasteiger partial charge on any atom is -0.494 e. The maximum atomic E-state index is 6.41. The van der Waals surface area contributed by atoms with Gasteiger partial charge in [0.1, 0.15) is 11.5 Å². The molecule has 0 N–H and O–H groups in total. The molecule has 2 heterocycles. The van der Waals surface area contributed by atoms with E-state index in [1.54, 1.807) is 0 Å². The van der Waals surface area contributed by atoms with Crippen molar-refractivity contribution in [2.24, 2.45) is 5.10 Å². The van der Waals surface area contributed by atoms with Crippen molar-refractivity contribution in [1.29, 1.82) is 0 Å². The number of fused-ring (bicyclic) bond motifs is 3. The van der Waals surface area contributed by atoms with Crippen molar-refractivity contribution >= 4 is 21.6 Å². The number of hydrogen-bond acceptors (Lipinski definition) is 4. The quantitative estimate of drug-likeness (QED) is 0.484. The molecule has 4 nitrogen and oxygen atoms in total. The van der Waals surface area contributed by atoms with Crippen LogP contribution in [0.15, 0.2) is 82.4 Å². The van der Waals surface area contributed by atoms with Crippen LogP contribution in [0.2, 0.25) is 0 Å². The van der Waals surface area contributed by atoms with Gasteiger partial charge in [-0.15, -0.1) is 0 Å². The highest BCUT2D eigenvalue weighted by Crippen LogP contribution is 2.47. The third kappa shape index (κ3) is 3.40. The largest absolute Gasteiger partial charge is 0.494 e. The zero-order valence-electron chi connectivity index (χ0n) is 16.1. The average Bonchev–Trinajstić information content (AvgIpc) is 3.20. The van der Waals surface area contributed by atoms with E-state index < -0.39 is 0 Å². The van der Waals surface area contributed by atoms with Gasteiger partial charge in [0.05, 0.1) is 18.4 Å². The second-order valence-corrected chi connectivity index (χ2v) is 8.08. The summed E-state index contributed by atoms with van der Waals surface area (Å²) in [4.78, 5) is 0. The maximum Gasteiger partial charge on any atom is 0.213 e. The van der Waals surface area contributed by atoms with Crippen LogP contribution in [-0.2, 0) is 0 Å². The SMILES string of the molecule is CCOc1ccc(C2Oc3ccccc3C3CC(c4ccc(Br)cc4)=NN32)cc1. The summed E-state index contributed by atoms with van der Waals surface area (Å²) in [5, 5.41) is 7.11. The lowest BCUT2D eigenvalue weighted by Crippen LogP contribution is -2.33. The molecular formula is C24H21BrN2O2. The molecule has 2 atom stereocenters. The first-order valence-electron chi connectivity index (χ1n) is 9.83. The molecule has 0 spiro atoms. The van der Waals surface area contributed by atoms with Crippen molar-refractivity contribution in [3.63, 3.8) is 0 Å². The van der Waals surface area contributed by atoms with E-state index in [1.165, 1.54) is 5.56 Å². The summed E-state index contributed by atoms with van der Waals surface area (Å²) >= 11 is 3.51. The lowest BCUT2D eigenvalue weighted by atomic mass is 9.96. The van der Waals surface area contributed by atoms with Crippen molar-refractivity contribution in [2.45, 2.75) is 25.6 Å². The van der Waals surface area contributed by atoms with Gasteiger partial charge in [0.25, 0.3) is 0 Å². The van der Waals surface area contributed by atoms with Crippen LogP contribution in [0, 0.1) is 0 Å². The van der Waals surface area contributed by atoms with Gasteiger partial charge in [-0.2, -0.15) is 5.10 Å². The second kappa shape index (κ2) is 7.56. The second-order valence-electron chi connectivity index (χ2n) is 7.16. The molecule has 0 fully saturated rings. The first-order chi connectivity index (χ1) is 14.2. The van der Waals surface area contributed by atoms with E-state index in [1.807, 2.05) is 31.2 Å². The molecule has 146 valence electrons. The van der Waals surface area contributed by atoms with E-state index in [0.29, 0.717) is 6.61 Å². The van der Waals surface area contributed by atoms with Crippen LogP contribution in [0.25, 0.3) is 0 Å². The molecule has 0 aliphatic carbocycles. The molecule has 0 bridgehead atoms. The van der Waals surface area contributed by atoms with Crippen molar-refractivity contribution in [2.75, 3.05) is 6.61 Å². The molecule has 0 amide bonds. The molecule has 3 aromatic rings. The van der Waals surface area contributed by atoms with Crippen LogP contribution >= 0.6 is 15.9 Å². The highest BCUT2D eigenvalue weighted by atomic mass is 79.9. The summed E-state index contributed by atoms with van der Waals surface area (Å²) in [5.41, 5.74) is 4.48. The number of benzene rings is 3. The fraction of sp³-hybridized carbons (Fsp3) is 0.208. The Morgan fingerprint density at radius 1 is 1.03 bits per heavy atom. The molecule has 29 heavy (non-hydrogen) atoms. The summed E-state index contributed by atoms with van der Waals surface area (Å²) in [7, 11) is 0. The van der Waals surface area contributed by atoms with Crippen molar-refractivity contribution in [1.82, 2.24) is 5.01 Å². The Morgan fingerprint density at radius 2 is 1.79 bits per heavy atom. The number of hydrazone groups is 1. The maximum absolute atomic E-state index is 6.41. The van der Waals surface area contributed by atoms with Gasteiger partial charge < -0.3 is 9.47 Å². The predicted molar refractivity (Wildman–Crippen MR) is 117 cm³/mol. The number of nitrogens with zero attached hydrogens (tertiary/aromatic N) is 2. The topological polar surface area (TPSA) is 34.1 Å². The van der Waals surface area contributed by atoms with E-state index in [-0.39, 0.29) is 12.3 Å². The predicted octanol–water partition coefficient (Wildman–Crippen LogP) is 6.09. The van der Waals surface area contributed by atoms with Gasteiger partial charge in [-0.25, -0.2) is 5.01 Å². The highest BCUT2D eigenvalue weighted by molar-refractivity contribution is 9.10. The molecule has 2 aliphatic heterocycles. The highest BCUT2D eigenvalue weighted by Gasteiger charge is 2.40. The van der Waals surface area contributed by atoms with Crippen LogP contribution in [0.4, 0.5) is 0 Å². The Kier molecular flexibility index (Phi) is 4.76. The van der Waals surface area contributed by atoms with E-state index in [4.69, 9.17) is 14.6 Å². The molecule has 0 saturated carbocycles. The van der Waals surface area contributed by atoms with Crippen LogP contribution in [0.5, 0.6) is 11.5 Å². The molecule has 0 saturated heterocycles. The van der Waals surface area contributed by atoms with Crippen molar-refractivity contribution in [3.8, 4) is 11.5 Å². The van der Waals surface area contributed by atoms with Crippen molar-refractivity contribution in [3.05, 3.63) is 94.0 Å². The number of ether oxygens (including phenoxy) is 2. The number of para-hydroxylation sites is 1.